The molecule has 3 rings (SSSR count). The fourth-order valence-electron chi connectivity index (χ4n) is 3.80. The van der Waals surface area contributed by atoms with Crippen molar-refractivity contribution in [2.75, 3.05) is 32.7 Å². The highest BCUT2D eigenvalue weighted by Crippen LogP contribution is 2.42. The van der Waals surface area contributed by atoms with Crippen LogP contribution in [0.25, 0.3) is 0 Å². The maximum atomic E-state index is 11.2. The van der Waals surface area contributed by atoms with Crippen molar-refractivity contribution in [1.29, 1.82) is 0 Å². The Balaban J connectivity index is 0.00000132. The Labute approximate surface area is 160 Å². The first-order valence-electron chi connectivity index (χ1n) is 8.08. The van der Waals surface area contributed by atoms with Crippen LogP contribution in [0.2, 0.25) is 0 Å². The molecule has 6 heteroatoms. The van der Waals surface area contributed by atoms with Gasteiger partial charge in [-0.25, -0.2) is 0 Å². The van der Waals surface area contributed by atoms with Crippen molar-refractivity contribution in [3.63, 3.8) is 0 Å². The molecule has 132 valence electrons. The molecule has 0 spiro atoms. The molecule has 2 fully saturated rings. The molecule has 23 heavy (non-hydrogen) atoms. The monoisotopic (exact) mass is 424 g/mol. The summed E-state index contributed by atoms with van der Waals surface area (Å²) in [5.41, 5.74) is 0.749. The Hall–Kier alpha value is 0.160. The van der Waals surface area contributed by atoms with Gasteiger partial charge in [0.2, 0.25) is 0 Å². The molecule has 2 aliphatic rings. The molecule has 1 unspecified atom stereocenters. The predicted octanol–water partition coefficient (Wildman–Crippen LogP) is 3.59. The summed E-state index contributed by atoms with van der Waals surface area (Å²) in [5, 5.41) is 14.6. The first-order valence-corrected chi connectivity index (χ1v) is 8.88. The number of piperazine rings is 1. The molecule has 1 saturated carbocycles. The van der Waals surface area contributed by atoms with Crippen LogP contribution in [0.4, 0.5) is 0 Å². The van der Waals surface area contributed by atoms with Gasteiger partial charge in [0.25, 0.3) is 0 Å². The van der Waals surface area contributed by atoms with Gasteiger partial charge in [-0.3, -0.25) is 0 Å². The van der Waals surface area contributed by atoms with Crippen LogP contribution >= 0.6 is 40.7 Å². The zero-order valence-electron chi connectivity index (χ0n) is 13.3. The molecule has 0 aromatic heterocycles. The van der Waals surface area contributed by atoms with E-state index in [1.807, 2.05) is 0 Å². The number of benzene rings is 1. The highest BCUT2D eigenvalue weighted by atomic mass is 79.9. The Bertz CT molecular complexity index is 477. The Morgan fingerprint density at radius 2 is 1.83 bits per heavy atom. The molecule has 2 N–H and O–H groups in total. The lowest BCUT2D eigenvalue weighted by Gasteiger charge is -2.38. The number of nitrogens with one attached hydrogen (secondary N) is 1. The fourth-order valence-corrected chi connectivity index (χ4v) is 4.21. The van der Waals surface area contributed by atoms with Gasteiger partial charge in [-0.2, -0.15) is 0 Å². The predicted molar refractivity (Wildman–Crippen MR) is 104 cm³/mol. The van der Waals surface area contributed by atoms with Crippen LogP contribution in [-0.2, 0) is 0 Å². The second-order valence-electron chi connectivity index (χ2n) is 6.47. The number of aliphatic hydroxyl groups is 1. The molecular weight excluding hydrogens is 399 g/mol. The maximum absolute atomic E-state index is 11.2. The minimum absolute atomic E-state index is 0. The van der Waals surface area contributed by atoms with E-state index in [9.17, 15) is 5.11 Å². The summed E-state index contributed by atoms with van der Waals surface area (Å²) < 4.78 is 1.10. The Kier molecular flexibility index (Phi) is 8.84. The molecule has 3 nitrogen and oxygen atoms in total. The average molecular weight is 426 g/mol. The van der Waals surface area contributed by atoms with Gasteiger partial charge in [0, 0.05) is 43.1 Å². The minimum Gasteiger partial charge on any atom is -0.389 e. The van der Waals surface area contributed by atoms with Crippen LogP contribution in [0.15, 0.2) is 28.7 Å². The Morgan fingerprint density at radius 1 is 1.17 bits per heavy atom. The SMILES string of the molecule is Cl.Cl.OC1(C(CN2CCNCC2)c2cccc(Br)c2)CCCC1. The minimum atomic E-state index is -0.522. The van der Waals surface area contributed by atoms with Gasteiger partial charge >= 0.3 is 0 Å². The summed E-state index contributed by atoms with van der Waals surface area (Å²) in [7, 11) is 0. The highest BCUT2D eigenvalue weighted by molar-refractivity contribution is 9.10. The summed E-state index contributed by atoms with van der Waals surface area (Å²) in [6.07, 6.45) is 4.19. The molecule has 0 amide bonds. The fraction of sp³-hybridized carbons (Fsp3) is 0.647. The topological polar surface area (TPSA) is 35.5 Å². The molecular formula is C17H27BrCl2N2O. The largest absolute Gasteiger partial charge is 0.389 e. The first-order chi connectivity index (χ1) is 10.2. The van der Waals surface area contributed by atoms with Gasteiger partial charge in [0.1, 0.15) is 0 Å². The summed E-state index contributed by atoms with van der Waals surface area (Å²) in [6, 6.07) is 8.50. The average Bonchev–Trinajstić information content (AvgIpc) is 2.93. The maximum Gasteiger partial charge on any atom is 0.0728 e. The molecule has 1 atom stereocenters. The molecule has 1 aromatic rings. The lowest BCUT2D eigenvalue weighted by Crippen LogP contribution is -2.48. The van der Waals surface area contributed by atoms with E-state index in [1.165, 1.54) is 5.56 Å². The summed E-state index contributed by atoms with van der Waals surface area (Å²) >= 11 is 3.58. The van der Waals surface area contributed by atoms with Gasteiger partial charge in [-0.05, 0) is 30.5 Å². The van der Waals surface area contributed by atoms with Crippen molar-refractivity contribution in [3.05, 3.63) is 34.3 Å². The van der Waals surface area contributed by atoms with E-state index in [-0.39, 0.29) is 30.7 Å². The van der Waals surface area contributed by atoms with Crippen molar-refractivity contribution in [1.82, 2.24) is 10.2 Å². The molecule has 0 bridgehead atoms. The molecule has 1 aliphatic carbocycles. The number of rotatable bonds is 4. The second kappa shape index (κ2) is 9.59. The van der Waals surface area contributed by atoms with Crippen LogP contribution in [-0.4, -0.2) is 48.3 Å². The van der Waals surface area contributed by atoms with Crippen LogP contribution in [0.1, 0.15) is 37.2 Å². The van der Waals surface area contributed by atoms with Gasteiger partial charge < -0.3 is 15.3 Å². The van der Waals surface area contributed by atoms with Gasteiger partial charge in [0.15, 0.2) is 0 Å². The molecule has 0 radical (unpaired) electrons. The van der Waals surface area contributed by atoms with E-state index in [0.29, 0.717) is 0 Å². The highest BCUT2D eigenvalue weighted by Gasteiger charge is 2.41. The van der Waals surface area contributed by atoms with Crippen molar-refractivity contribution in [3.8, 4) is 0 Å². The lowest BCUT2D eigenvalue weighted by atomic mass is 9.80. The van der Waals surface area contributed by atoms with Crippen LogP contribution in [0.3, 0.4) is 0 Å². The summed E-state index contributed by atoms with van der Waals surface area (Å²) in [6.45, 7) is 5.25. The van der Waals surface area contributed by atoms with E-state index < -0.39 is 5.60 Å². The zero-order valence-corrected chi connectivity index (χ0v) is 16.6. The number of nitrogens with zero attached hydrogens (tertiary/aromatic N) is 1. The molecule has 1 saturated heterocycles. The number of hydrogen-bond donors (Lipinski definition) is 2. The third-order valence-electron chi connectivity index (χ3n) is 5.02. The first kappa shape index (κ1) is 21.2. The van der Waals surface area contributed by atoms with E-state index in [0.717, 1.165) is 62.9 Å². The van der Waals surface area contributed by atoms with Gasteiger partial charge in [-0.15, -0.1) is 24.8 Å². The molecule has 1 heterocycles. The van der Waals surface area contributed by atoms with Crippen LogP contribution < -0.4 is 5.32 Å². The summed E-state index contributed by atoms with van der Waals surface area (Å²) in [5.74, 6) is 0.218. The van der Waals surface area contributed by atoms with Gasteiger partial charge in [-0.1, -0.05) is 40.9 Å². The van der Waals surface area contributed by atoms with Crippen molar-refractivity contribution in [2.45, 2.75) is 37.2 Å². The normalized spacial score (nSPS) is 22.0. The molecule has 1 aliphatic heterocycles. The summed E-state index contributed by atoms with van der Waals surface area (Å²) in [4.78, 5) is 2.50. The van der Waals surface area contributed by atoms with Crippen LogP contribution in [0.5, 0.6) is 0 Å². The van der Waals surface area contributed by atoms with Crippen LogP contribution in [0, 0.1) is 0 Å². The lowest BCUT2D eigenvalue weighted by molar-refractivity contribution is 0.00495. The van der Waals surface area contributed by atoms with Crippen molar-refractivity contribution >= 4 is 40.7 Å². The zero-order chi connectivity index (χ0) is 14.7. The van der Waals surface area contributed by atoms with E-state index in [2.05, 4.69) is 50.4 Å². The third-order valence-corrected chi connectivity index (χ3v) is 5.51. The smallest absolute Gasteiger partial charge is 0.0728 e. The Morgan fingerprint density at radius 3 is 2.43 bits per heavy atom. The third kappa shape index (κ3) is 5.32. The van der Waals surface area contributed by atoms with Crippen molar-refractivity contribution < 1.29 is 5.11 Å². The second-order valence-corrected chi connectivity index (χ2v) is 7.38. The quantitative estimate of drug-likeness (QED) is 0.773. The van der Waals surface area contributed by atoms with E-state index in [4.69, 9.17) is 0 Å². The van der Waals surface area contributed by atoms with E-state index in [1.54, 1.807) is 0 Å². The van der Waals surface area contributed by atoms with E-state index >= 15 is 0 Å². The number of halogens is 3. The van der Waals surface area contributed by atoms with Crippen molar-refractivity contribution in [2.24, 2.45) is 0 Å². The number of hydrogen-bond acceptors (Lipinski definition) is 3. The standard InChI is InChI=1S/C17H25BrN2O.2ClH/c18-15-5-3-4-14(12-15)16(17(21)6-1-2-7-17)13-20-10-8-19-9-11-20;;/h3-5,12,16,19,21H,1-2,6-11,13H2;2*1H. The van der Waals surface area contributed by atoms with Gasteiger partial charge in [0.05, 0.1) is 5.60 Å². The molecule has 1 aromatic carbocycles.